The maximum Gasteiger partial charge on any atom is 0.143 e. The van der Waals surface area contributed by atoms with Gasteiger partial charge in [0, 0.05) is 17.1 Å². The summed E-state index contributed by atoms with van der Waals surface area (Å²) in [6.07, 6.45) is 1.74. The van der Waals surface area contributed by atoms with Gasteiger partial charge in [-0.3, -0.25) is 4.98 Å². The van der Waals surface area contributed by atoms with Crippen LogP contribution in [0.15, 0.2) is 18.3 Å². The first-order chi connectivity index (χ1) is 8.63. The lowest BCUT2D eigenvalue weighted by Crippen LogP contribution is -2.17. The summed E-state index contributed by atoms with van der Waals surface area (Å²) in [6, 6.07) is 3.98. The van der Waals surface area contributed by atoms with Gasteiger partial charge in [0.05, 0.1) is 10.7 Å². The van der Waals surface area contributed by atoms with E-state index >= 15 is 0 Å². The highest BCUT2D eigenvalue weighted by Gasteiger charge is 2.16. The topological polar surface area (TPSA) is 37.8 Å². The average molecular weight is 282 g/mol. The Morgan fingerprint density at radius 3 is 2.94 bits per heavy atom. The van der Waals surface area contributed by atoms with Gasteiger partial charge in [-0.2, -0.15) is 0 Å². The number of aryl methyl sites for hydroxylation is 1. The molecule has 0 aliphatic heterocycles. The van der Waals surface area contributed by atoms with Gasteiger partial charge in [-0.15, -0.1) is 11.3 Å². The Morgan fingerprint density at radius 1 is 1.50 bits per heavy atom. The molecule has 1 atom stereocenters. The zero-order valence-corrected chi connectivity index (χ0v) is 12.3. The molecule has 0 bridgehead atoms. The molecule has 2 aromatic rings. The van der Waals surface area contributed by atoms with E-state index in [2.05, 4.69) is 29.1 Å². The third kappa shape index (κ3) is 2.71. The van der Waals surface area contributed by atoms with Crippen molar-refractivity contribution in [3.05, 3.63) is 33.9 Å². The highest BCUT2D eigenvalue weighted by atomic mass is 35.5. The van der Waals surface area contributed by atoms with Gasteiger partial charge in [-0.05, 0) is 32.5 Å². The summed E-state index contributed by atoms with van der Waals surface area (Å²) in [6.45, 7) is 7.22. The number of nitrogens with zero attached hydrogens (tertiary/aromatic N) is 2. The maximum absolute atomic E-state index is 6.15. The van der Waals surface area contributed by atoms with Gasteiger partial charge >= 0.3 is 0 Å². The Kier molecular flexibility index (Phi) is 4.32. The van der Waals surface area contributed by atoms with Crippen LogP contribution in [0.3, 0.4) is 0 Å². The van der Waals surface area contributed by atoms with E-state index in [1.807, 2.05) is 19.1 Å². The molecular formula is C13H16ClN3S. The largest absolute Gasteiger partial charge is 0.310 e. The van der Waals surface area contributed by atoms with Crippen LogP contribution in [0.1, 0.15) is 30.5 Å². The molecule has 96 valence electrons. The number of thiazole rings is 1. The first kappa shape index (κ1) is 13.5. The molecule has 0 fully saturated rings. The van der Waals surface area contributed by atoms with E-state index in [-0.39, 0.29) is 0 Å². The van der Waals surface area contributed by atoms with Crippen molar-refractivity contribution >= 4 is 22.9 Å². The van der Waals surface area contributed by atoms with Crippen LogP contribution in [0.25, 0.3) is 10.7 Å². The van der Waals surface area contributed by atoms with E-state index in [9.17, 15) is 0 Å². The molecule has 0 aliphatic rings. The molecule has 0 spiro atoms. The first-order valence-electron chi connectivity index (χ1n) is 5.95. The van der Waals surface area contributed by atoms with E-state index in [4.69, 9.17) is 11.6 Å². The van der Waals surface area contributed by atoms with Crippen LogP contribution in [0.4, 0.5) is 0 Å². The zero-order valence-electron chi connectivity index (χ0n) is 10.7. The number of aromatic nitrogens is 2. The van der Waals surface area contributed by atoms with Crippen molar-refractivity contribution in [1.29, 1.82) is 0 Å². The van der Waals surface area contributed by atoms with Crippen molar-refractivity contribution in [2.75, 3.05) is 6.54 Å². The second-order valence-electron chi connectivity index (χ2n) is 4.08. The highest BCUT2D eigenvalue weighted by Crippen LogP contribution is 2.33. The van der Waals surface area contributed by atoms with Crippen molar-refractivity contribution in [2.24, 2.45) is 0 Å². The summed E-state index contributed by atoms with van der Waals surface area (Å²) in [4.78, 5) is 10.1. The van der Waals surface area contributed by atoms with Crippen molar-refractivity contribution in [3.63, 3.8) is 0 Å². The quantitative estimate of drug-likeness (QED) is 0.925. The van der Waals surface area contributed by atoms with E-state index in [0.717, 1.165) is 22.9 Å². The van der Waals surface area contributed by atoms with Gasteiger partial charge in [-0.25, -0.2) is 4.98 Å². The van der Waals surface area contributed by atoms with Gasteiger partial charge in [-0.1, -0.05) is 18.5 Å². The SMILES string of the molecule is CCNC(C)c1sc(-c2ncccc2Cl)nc1C. The third-order valence-electron chi connectivity index (χ3n) is 2.70. The minimum absolute atomic E-state index is 0.309. The molecule has 0 aliphatic carbocycles. The fourth-order valence-corrected chi connectivity index (χ4v) is 3.22. The van der Waals surface area contributed by atoms with Crippen molar-refractivity contribution in [3.8, 4) is 10.7 Å². The summed E-state index contributed by atoms with van der Waals surface area (Å²) in [5.74, 6) is 0. The van der Waals surface area contributed by atoms with E-state index in [1.165, 1.54) is 4.88 Å². The lowest BCUT2D eigenvalue weighted by Gasteiger charge is -2.09. The molecule has 2 heterocycles. The highest BCUT2D eigenvalue weighted by molar-refractivity contribution is 7.15. The summed E-state index contributed by atoms with van der Waals surface area (Å²) < 4.78 is 0. The molecule has 1 unspecified atom stereocenters. The fraction of sp³-hybridized carbons (Fsp3) is 0.385. The molecular weight excluding hydrogens is 266 g/mol. The van der Waals surface area contributed by atoms with Crippen LogP contribution < -0.4 is 5.32 Å². The maximum atomic E-state index is 6.15. The van der Waals surface area contributed by atoms with Crippen LogP contribution in [0.5, 0.6) is 0 Å². The molecule has 2 aromatic heterocycles. The van der Waals surface area contributed by atoms with Crippen LogP contribution in [0.2, 0.25) is 5.02 Å². The Bertz CT molecular complexity index is 539. The Balaban J connectivity index is 2.37. The van der Waals surface area contributed by atoms with Crippen molar-refractivity contribution in [2.45, 2.75) is 26.8 Å². The van der Waals surface area contributed by atoms with E-state index in [0.29, 0.717) is 11.1 Å². The molecule has 0 radical (unpaired) electrons. The predicted molar refractivity (Wildman–Crippen MR) is 77.2 cm³/mol. The standard InChI is InChI=1S/C13H16ClN3S/c1-4-15-8(2)12-9(3)17-13(18-12)11-10(14)6-5-7-16-11/h5-8,15H,4H2,1-3H3. The minimum atomic E-state index is 0.309. The lowest BCUT2D eigenvalue weighted by atomic mass is 10.2. The normalized spacial score (nSPS) is 12.7. The third-order valence-corrected chi connectivity index (χ3v) is 4.35. The Hall–Kier alpha value is -0.970. The second kappa shape index (κ2) is 5.78. The number of rotatable bonds is 4. The Morgan fingerprint density at radius 2 is 2.28 bits per heavy atom. The van der Waals surface area contributed by atoms with Gasteiger partial charge in [0.15, 0.2) is 0 Å². The van der Waals surface area contributed by atoms with Crippen molar-refractivity contribution < 1.29 is 0 Å². The zero-order chi connectivity index (χ0) is 13.1. The minimum Gasteiger partial charge on any atom is -0.310 e. The van der Waals surface area contributed by atoms with Crippen LogP contribution >= 0.6 is 22.9 Å². The first-order valence-corrected chi connectivity index (χ1v) is 7.14. The van der Waals surface area contributed by atoms with Crippen LogP contribution in [0, 0.1) is 6.92 Å². The van der Waals surface area contributed by atoms with E-state index in [1.54, 1.807) is 17.5 Å². The van der Waals surface area contributed by atoms with Crippen LogP contribution in [-0.2, 0) is 0 Å². The molecule has 0 amide bonds. The molecule has 5 heteroatoms. The van der Waals surface area contributed by atoms with Crippen molar-refractivity contribution in [1.82, 2.24) is 15.3 Å². The monoisotopic (exact) mass is 281 g/mol. The molecule has 1 N–H and O–H groups in total. The summed E-state index contributed by atoms with van der Waals surface area (Å²) in [7, 11) is 0. The van der Waals surface area contributed by atoms with Gasteiger partial charge in [0.25, 0.3) is 0 Å². The number of hydrogen-bond acceptors (Lipinski definition) is 4. The summed E-state index contributed by atoms with van der Waals surface area (Å²) in [5, 5.41) is 4.93. The number of halogens is 1. The number of nitrogens with one attached hydrogen (secondary N) is 1. The van der Waals surface area contributed by atoms with Crippen LogP contribution in [-0.4, -0.2) is 16.5 Å². The molecule has 2 rings (SSSR count). The predicted octanol–water partition coefficient (Wildman–Crippen LogP) is 3.84. The molecule has 0 saturated carbocycles. The Labute approximate surface area is 116 Å². The fourth-order valence-electron chi connectivity index (χ4n) is 1.85. The molecule has 3 nitrogen and oxygen atoms in total. The van der Waals surface area contributed by atoms with Gasteiger partial charge in [0.1, 0.15) is 10.7 Å². The van der Waals surface area contributed by atoms with Gasteiger partial charge < -0.3 is 5.32 Å². The number of pyridine rings is 1. The number of hydrogen-bond donors (Lipinski definition) is 1. The summed E-state index contributed by atoms with van der Waals surface area (Å²) in [5.41, 5.74) is 1.81. The molecule has 0 aromatic carbocycles. The van der Waals surface area contributed by atoms with E-state index < -0.39 is 0 Å². The second-order valence-corrected chi connectivity index (χ2v) is 5.52. The van der Waals surface area contributed by atoms with Gasteiger partial charge in [0.2, 0.25) is 0 Å². The smallest absolute Gasteiger partial charge is 0.143 e. The lowest BCUT2D eigenvalue weighted by molar-refractivity contribution is 0.603. The summed E-state index contributed by atoms with van der Waals surface area (Å²) >= 11 is 7.80. The molecule has 18 heavy (non-hydrogen) atoms. The average Bonchev–Trinajstić information content (AvgIpc) is 2.72. The molecule has 0 saturated heterocycles.